The number of carbonyl (C=O) groups is 1. The van der Waals surface area contributed by atoms with E-state index in [4.69, 9.17) is 10.5 Å². The number of aryl methyl sites for hydroxylation is 1. The third kappa shape index (κ3) is 4.54. The Bertz CT molecular complexity index is 511. The molecule has 1 aromatic carbocycles. The molecule has 0 bridgehead atoms. The molecule has 6 heteroatoms. The predicted octanol–water partition coefficient (Wildman–Crippen LogP) is 2.39. The average molecular weight is 345 g/mol. The molecule has 4 nitrogen and oxygen atoms in total. The van der Waals surface area contributed by atoms with Crippen LogP contribution in [0, 0.1) is 0 Å². The lowest BCUT2D eigenvalue weighted by atomic mass is 10.0. The molecular formula is C16H25ClN2O2S. The van der Waals surface area contributed by atoms with Crippen molar-refractivity contribution in [1.82, 2.24) is 5.32 Å². The fourth-order valence-corrected chi connectivity index (χ4v) is 2.65. The number of para-hydroxylation sites is 1. The monoisotopic (exact) mass is 344 g/mol. The number of carbonyl (C=O) groups excluding carboxylic acids is 1. The Kier molecular flexibility index (Phi) is 7.03. The molecule has 2 atom stereocenters. The summed E-state index contributed by atoms with van der Waals surface area (Å²) in [7, 11) is 0. The number of halogens is 1. The van der Waals surface area contributed by atoms with Gasteiger partial charge in [-0.1, -0.05) is 18.2 Å². The number of thioether (sulfide) groups is 1. The van der Waals surface area contributed by atoms with Gasteiger partial charge < -0.3 is 15.8 Å². The molecule has 124 valence electrons. The van der Waals surface area contributed by atoms with Crippen molar-refractivity contribution in [2.45, 2.75) is 43.6 Å². The predicted molar refractivity (Wildman–Crippen MR) is 95.0 cm³/mol. The van der Waals surface area contributed by atoms with Crippen molar-refractivity contribution in [2.75, 3.05) is 12.8 Å². The number of fused-ring (bicyclic) bond motifs is 1. The molecule has 0 aliphatic carbocycles. The lowest BCUT2D eigenvalue weighted by molar-refractivity contribution is -0.123. The molecule has 1 aliphatic rings. The third-order valence-electron chi connectivity index (χ3n) is 4.06. The van der Waals surface area contributed by atoms with Gasteiger partial charge in [0.2, 0.25) is 5.91 Å². The summed E-state index contributed by atoms with van der Waals surface area (Å²) in [5.74, 6) is 0.813. The largest absolute Gasteiger partial charge is 0.488 e. The van der Waals surface area contributed by atoms with Crippen molar-refractivity contribution >= 4 is 30.1 Å². The maximum Gasteiger partial charge on any atom is 0.238 e. The van der Waals surface area contributed by atoms with E-state index < -0.39 is 6.04 Å². The van der Waals surface area contributed by atoms with Crippen molar-refractivity contribution in [3.63, 3.8) is 0 Å². The summed E-state index contributed by atoms with van der Waals surface area (Å²) in [6.07, 6.45) is 3.89. The van der Waals surface area contributed by atoms with Crippen molar-refractivity contribution in [3.8, 4) is 5.75 Å². The highest BCUT2D eigenvalue weighted by Crippen LogP contribution is 2.27. The standard InChI is InChI=1S/C16H24N2O2S.ClH/c1-16(2,21-3)14(17)15(19)18-10-12-9-8-11-6-4-5-7-13(11)20-12;/h4-7,12,14H,8-10,17H2,1-3H3,(H,18,19);1H/t12-,14-;/m1./s1. The normalized spacial score (nSPS) is 18.5. The van der Waals surface area contributed by atoms with Crippen LogP contribution in [0.1, 0.15) is 25.8 Å². The Balaban J connectivity index is 0.00000242. The van der Waals surface area contributed by atoms with Gasteiger partial charge in [0.05, 0.1) is 12.6 Å². The number of benzene rings is 1. The number of hydrogen-bond acceptors (Lipinski definition) is 4. The van der Waals surface area contributed by atoms with Crippen molar-refractivity contribution in [1.29, 1.82) is 0 Å². The van der Waals surface area contributed by atoms with Crippen molar-refractivity contribution < 1.29 is 9.53 Å². The minimum atomic E-state index is -0.525. The lowest BCUT2D eigenvalue weighted by Gasteiger charge is -2.30. The molecule has 1 aromatic rings. The maximum absolute atomic E-state index is 12.1. The minimum Gasteiger partial charge on any atom is -0.488 e. The van der Waals surface area contributed by atoms with Crippen molar-refractivity contribution in [2.24, 2.45) is 5.73 Å². The number of rotatable bonds is 5. The van der Waals surface area contributed by atoms with Gasteiger partial charge in [0.25, 0.3) is 0 Å². The first-order valence-electron chi connectivity index (χ1n) is 7.27. The van der Waals surface area contributed by atoms with E-state index in [1.54, 1.807) is 11.8 Å². The highest BCUT2D eigenvalue weighted by molar-refractivity contribution is 8.00. The molecule has 0 aromatic heterocycles. The van der Waals surface area contributed by atoms with Gasteiger partial charge >= 0.3 is 0 Å². The Morgan fingerprint density at radius 1 is 1.50 bits per heavy atom. The van der Waals surface area contributed by atoms with E-state index in [1.165, 1.54) is 5.56 Å². The number of nitrogens with two attached hydrogens (primary N) is 1. The van der Waals surface area contributed by atoms with Crippen LogP contribution in [0.3, 0.4) is 0 Å². The third-order valence-corrected chi connectivity index (χ3v) is 5.37. The molecule has 0 radical (unpaired) electrons. The van der Waals surface area contributed by atoms with Crippen LogP contribution in [-0.4, -0.2) is 35.6 Å². The summed E-state index contributed by atoms with van der Waals surface area (Å²) >= 11 is 1.60. The molecule has 2 rings (SSSR count). The Hall–Kier alpha value is -0.910. The summed E-state index contributed by atoms with van der Waals surface area (Å²) in [5.41, 5.74) is 7.26. The van der Waals surface area contributed by atoms with E-state index in [9.17, 15) is 4.79 Å². The SMILES string of the molecule is CSC(C)(C)[C@H](N)C(=O)NC[C@H]1CCc2ccccc2O1.Cl. The van der Waals surface area contributed by atoms with Crippen LogP contribution in [0.5, 0.6) is 5.75 Å². The first-order chi connectivity index (χ1) is 9.94. The smallest absolute Gasteiger partial charge is 0.238 e. The van der Waals surface area contributed by atoms with Gasteiger partial charge in [0, 0.05) is 4.75 Å². The Labute approximate surface area is 143 Å². The van der Waals surface area contributed by atoms with Crippen LogP contribution in [0.4, 0.5) is 0 Å². The molecule has 22 heavy (non-hydrogen) atoms. The Morgan fingerprint density at radius 2 is 2.18 bits per heavy atom. The summed E-state index contributed by atoms with van der Waals surface area (Å²) in [6.45, 7) is 4.47. The second-order valence-electron chi connectivity index (χ2n) is 5.92. The van der Waals surface area contributed by atoms with E-state index in [-0.39, 0.29) is 29.2 Å². The highest BCUT2D eigenvalue weighted by atomic mass is 35.5. The van der Waals surface area contributed by atoms with Crippen LogP contribution in [0.2, 0.25) is 0 Å². The van der Waals surface area contributed by atoms with Crippen LogP contribution < -0.4 is 15.8 Å². The van der Waals surface area contributed by atoms with Gasteiger partial charge in [-0.15, -0.1) is 12.4 Å². The molecule has 1 amide bonds. The molecule has 0 fully saturated rings. The van der Waals surface area contributed by atoms with Crippen LogP contribution in [-0.2, 0) is 11.2 Å². The Morgan fingerprint density at radius 3 is 2.86 bits per heavy atom. The van der Waals surface area contributed by atoms with Gasteiger partial charge in [0.15, 0.2) is 0 Å². The molecule has 0 spiro atoms. The maximum atomic E-state index is 12.1. The highest BCUT2D eigenvalue weighted by Gasteiger charge is 2.31. The molecular weight excluding hydrogens is 320 g/mol. The fourth-order valence-electron chi connectivity index (χ4n) is 2.29. The fraction of sp³-hybridized carbons (Fsp3) is 0.562. The van der Waals surface area contributed by atoms with Crippen LogP contribution in [0.15, 0.2) is 24.3 Å². The van der Waals surface area contributed by atoms with Gasteiger partial charge in [0.1, 0.15) is 11.9 Å². The number of amides is 1. The second kappa shape index (κ2) is 8.09. The number of nitrogens with one attached hydrogen (secondary N) is 1. The summed E-state index contributed by atoms with van der Waals surface area (Å²) < 4.78 is 5.64. The lowest BCUT2D eigenvalue weighted by Crippen LogP contribution is -2.53. The zero-order chi connectivity index (χ0) is 15.5. The van der Waals surface area contributed by atoms with Gasteiger partial charge in [-0.25, -0.2) is 0 Å². The summed E-state index contributed by atoms with van der Waals surface area (Å²) in [4.78, 5) is 12.1. The molecule has 1 heterocycles. The average Bonchev–Trinajstić information content (AvgIpc) is 2.51. The number of ether oxygens (including phenoxy) is 1. The molecule has 0 saturated heterocycles. The van der Waals surface area contributed by atoms with E-state index in [0.29, 0.717) is 6.54 Å². The van der Waals surface area contributed by atoms with E-state index >= 15 is 0 Å². The quantitative estimate of drug-likeness (QED) is 0.860. The van der Waals surface area contributed by atoms with E-state index in [2.05, 4.69) is 11.4 Å². The zero-order valence-corrected chi connectivity index (χ0v) is 14.9. The number of hydrogen-bond donors (Lipinski definition) is 2. The summed E-state index contributed by atoms with van der Waals surface area (Å²) in [6, 6.07) is 7.53. The van der Waals surface area contributed by atoms with Gasteiger partial charge in [-0.3, -0.25) is 4.79 Å². The van der Waals surface area contributed by atoms with E-state index in [1.807, 2.05) is 38.3 Å². The van der Waals surface area contributed by atoms with Gasteiger partial charge in [-0.05, 0) is 44.6 Å². The first kappa shape index (κ1) is 19.1. The van der Waals surface area contributed by atoms with E-state index in [0.717, 1.165) is 18.6 Å². The topological polar surface area (TPSA) is 64.4 Å². The molecule has 0 unspecified atom stereocenters. The molecule has 1 aliphatic heterocycles. The van der Waals surface area contributed by atoms with Gasteiger partial charge in [-0.2, -0.15) is 11.8 Å². The van der Waals surface area contributed by atoms with Crippen LogP contribution in [0.25, 0.3) is 0 Å². The minimum absolute atomic E-state index is 0. The summed E-state index contributed by atoms with van der Waals surface area (Å²) in [5, 5.41) is 2.92. The zero-order valence-electron chi connectivity index (χ0n) is 13.3. The van der Waals surface area contributed by atoms with Crippen LogP contribution >= 0.6 is 24.2 Å². The molecule has 3 N–H and O–H groups in total. The van der Waals surface area contributed by atoms with Crippen molar-refractivity contribution in [3.05, 3.63) is 29.8 Å². The first-order valence-corrected chi connectivity index (χ1v) is 8.49. The second-order valence-corrected chi connectivity index (χ2v) is 7.38. The molecule has 0 saturated carbocycles.